The standard InChI is InChI=1S/C14H19N7O/c1-2-16-14(10-15-1)20-13-9-12(18-11-19-13)17-3-4-21-5-7-22-8-6-21/h1-2,9-11H,3-8H2,(H2,16,17,18,19,20). The van der Waals surface area contributed by atoms with Crippen LogP contribution in [0.5, 0.6) is 0 Å². The molecule has 0 amide bonds. The maximum absolute atomic E-state index is 5.33. The van der Waals surface area contributed by atoms with Gasteiger partial charge < -0.3 is 15.4 Å². The van der Waals surface area contributed by atoms with E-state index in [9.17, 15) is 0 Å². The molecule has 2 N–H and O–H groups in total. The molecule has 8 heteroatoms. The second kappa shape index (κ2) is 7.62. The van der Waals surface area contributed by atoms with Crippen LogP contribution in [0.4, 0.5) is 17.5 Å². The first-order valence-corrected chi connectivity index (χ1v) is 7.29. The molecule has 0 spiro atoms. The van der Waals surface area contributed by atoms with Gasteiger partial charge in [-0.25, -0.2) is 15.0 Å². The average Bonchev–Trinajstić information content (AvgIpc) is 2.57. The number of nitrogens with zero attached hydrogens (tertiary/aromatic N) is 5. The number of morpholine rings is 1. The summed E-state index contributed by atoms with van der Waals surface area (Å²) < 4.78 is 5.33. The van der Waals surface area contributed by atoms with Gasteiger partial charge in [0, 0.05) is 44.6 Å². The highest BCUT2D eigenvalue weighted by Gasteiger charge is 2.09. The molecular weight excluding hydrogens is 282 g/mol. The summed E-state index contributed by atoms with van der Waals surface area (Å²) >= 11 is 0. The quantitative estimate of drug-likeness (QED) is 0.808. The zero-order chi connectivity index (χ0) is 15.0. The van der Waals surface area contributed by atoms with E-state index in [0.29, 0.717) is 11.6 Å². The normalized spacial score (nSPS) is 15.5. The third-order valence-electron chi connectivity index (χ3n) is 3.32. The molecule has 116 valence electrons. The van der Waals surface area contributed by atoms with E-state index in [1.165, 1.54) is 6.33 Å². The molecule has 1 saturated heterocycles. The summed E-state index contributed by atoms with van der Waals surface area (Å²) in [6, 6.07) is 1.86. The number of aromatic nitrogens is 4. The number of rotatable bonds is 6. The van der Waals surface area contributed by atoms with Gasteiger partial charge in [0.25, 0.3) is 0 Å². The van der Waals surface area contributed by atoms with Crippen LogP contribution >= 0.6 is 0 Å². The van der Waals surface area contributed by atoms with E-state index >= 15 is 0 Å². The second-order valence-corrected chi connectivity index (χ2v) is 4.88. The van der Waals surface area contributed by atoms with Gasteiger partial charge in [0.05, 0.1) is 19.4 Å². The van der Waals surface area contributed by atoms with E-state index < -0.39 is 0 Å². The Morgan fingerprint density at radius 2 is 1.91 bits per heavy atom. The molecule has 0 bridgehead atoms. The lowest BCUT2D eigenvalue weighted by atomic mass is 10.4. The molecule has 3 rings (SSSR count). The van der Waals surface area contributed by atoms with Crippen molar-refractivity contribution in [2.45, 2.75) is 0 Å². The Kier molecular flexibility index (Phi) is 5.06. The second-order valence-electron chi connectivity index (χ2n) is 4.88. The Hall–Kier alpha value is -2.32. The van der Waals surface area contributed by atoms with Gasteiger partial charge in [-0.05, 0) is 0 Å². The van der Waals surface area contributed by atoms with Crippen molar-refractivity contribution in [3.63, 3.8) is 0 Å². The van der Waals surface area contributed by atoms with Crippen LogP contribution in [-0.4, -0.2) is 64.2 Å². The fourth-order valence-corrected chi connectivity index (χ4v) is 2.18. The third-order valence-corrected chi connectivity index (χ3v) is 3.32. The van der Waals surface area contributed by atoms with Crippen LogP contribution in [0.3, 0.4) is 0 Å². The molecule has 0 aromatic carbocycles. The molecule has 0 radical (unpaired) electrons. The van der Waals surface area contributed by atoms with E-state index in [-0.39, 0.29) is 0 Å². The zero-order valence-corrected chi connectivity index (χ0v) is 12.3. The molecule has 0 aliphatic carbocycles. The lowest BCUT2D eigenvalue weighted by Crippen LogP contribution is -2.39. The van der Waals surface area contributed by atoms with Gasteiger partial charge in [-0.1, -0.05) is 0 Å². The molecule has 2 aromatic rings. The predicted octanol–water partition coefficient (Wildman–Crippen LogP) is 0.754. The molecule has 22 heavy (non-hydrogen) atoms. The average molecular weight is 301 g/mol. The Morgan fingerprint density at radius 1 is 1.05 bits per heavy atom. The number of hydrogen-bond donors (Lipinski definition) is 2. The highest BCUT2D eigenvalue weighted by Crippen LogP contribution is 2.12. The molecular formula is C14H19N7O. The number of anilines is 3. The first-order valence-electron chi connectivity index (χ1n) is 7.29. The molecule has 0 unspecified atom stereocenters. The smallest absolute Gasteiger partial charge is 0.150 e. The molecule has 0 atom stereocenters. The highest BCUT2D eigenvalue weighted by molar-refractivity contribution is 5.54. The number of hydrogen-bond acceptors (Lipinski definition) is 8. The summed E-state index contributed by atoms with van der Waals surface area (Å²) in [4.78, 5) is 18.9. The largest absolute Gasteiger partial charge is 0.379 e. The van der Waals surface area contributed by atoms with Gasteiger partial charge in [-0.2, -0.15) is 0 Å². The third kappa shape index (κ3) is 4.34. The van der Waals surface area contributed by atoms with Gasteiger partial charge >= 0.3 is 0 Å². The Bertz CT molecular complexity index is 574. The minimum absolute atomic E-state index is 0.653. The Labute approximate surface area is 129 Å². The van der Waals surface area contributed by atoms with Crippen LogP contribution < -0.4 is 10.6 Å². The van der Waals surface area contributed by atoms with Crippen molar-refractivity contribution in [1.29, 1.82) is 0 Å². The molecule has 1 aliphatic rings. The van der Waals surface area contributed by atoms with Crippen molar-refractivity contribution in [1.82, 2.24) is 24.8 Å². The van der Waals surface area contributed by atoms with Crippen molar-refractivity contribution in [3.05, 3.63) is 31.0 Å². The van der Waals surface area contributed by atoms with Crippen molar-refractivity contribution >= 4 is 17.5 Å². The molecule has 3 heterocycles. The van der Waals surface area contributed by atoms with Crippen LogP contribution in [0.15, 0.2) is 31.0 Å². The molecule has 1 fully saturated rings. The SMILES string of the molecule is c1cnc(Nc2cc(NCCN3CCOCC3)ncn2)cn1. The van der Waals surface area contributed by atoms with Crippen molar-refractivity contribution in [2.24, 2.45) is 0 Å². The fraction of sp³-hybridized carbons (Fsp3) is 0.429. The van der Waals surface area contributed by atoms with Crippen LogP contribution in [0.2, 0.25) is 0 Å². The first kappa shape index (κ1) is 14.6. The minimum Gasteiger partial charge on any atom is -0.379 e. The van der Waals surface area contributed by atoms with Crippen LogP contribution in [0, 0.1) is 0 Å². The Morgan fingerprint density at radius 3 is 2.73 bits per heavy atom. The van der Waals surface area contributed by atoms with Crippen molar-refractivity contribution in [2.75, 3.05) is 50.0 Å². The maximum atomic E-state index is 5.33. The zero-order valence-electron chi connectivity index (χ0n) is 12.3. The summed E-state index contributed by atoms with van der Waals surface area (Å²) in [6.07, 6.45) is 6.43. The van der Waals surface area contributed by atoms with E-state index in [1.807, 2.05) is 6.07 Å². The predicted molar refractivity (Wildman–Crippen MR) is 83.1 cm³/mol. The summed E-state index contributed by atoms with van der Waals surface area (Å²) in [6.45, 7) is 5.43. The number of nitrogens with one attached hydrogen (secondary N) is 2. The highest BCUT2D eigenvalue weighted by atomic mass is 16.5. The minimum atomic E-state index is 0.653. The summed E-state index contributed by atoms with van der Waals surface area (Å²) in [5.41, 5.74) is 0. The van der Waals surface area contributed by atoms with Crippen LogP contribution in [0.1, 0.15) is 0 Å². The molecule has 2 aromatic heterocycles. The summed E-state index contributed by atoms with van der Waals surface area (Å²) in [5, 5.41) is 6.40. The van der Waals surface area contributed by atoms with E-state index in [0.717, 1.165) is 45.2 Å². The van der Waals surface area contributed by atoms with E-state index in [1.54, 1.807) is 18.6 Å². The number of ether oxygens (including phenoxy) is 1. The van der Waals surface area contributed by atoms with Gasteiger partial charge in [-0.3, -0.25) is 9.88 Å². The van der Waals surface area contributed by atoms with Gasteiger partial charge in [-0.15, -0.1) is 0 Å². The maximum Gasteiger partial charge on any atom is 0.150 e. The lowest BCUT2D eigenvalue weighted by Gasteiger charge is -2.26. The van der Waals surface area contributed by atoms with Gasteiger partial charge in [0.15, 0.2) is 0 Å². The fourth-order valence-electron chi connectivity index (χ4n) is 2.18. The Balaban J connectivity index is 1.50. The van der Waals surface area contributed by atoms with E-state index in [4.69, 9.17) is 4.74 Å². The topological polar surface area (TPSA) is 88.1 Å². The monoisotopic (exact) mass is 301 g/mol. The van der Waals surface area contributed by atoms with Crippen LogP contribution in [0.25, 0.3) is 0 Å². The van der Waals surface area contributed by atoms with Crippen molar-refractivity contribution < 1.29 is 4.74 Å². The van der Waals surface area contributed by atoms with E-state index in [2.05, 4.69) is 35.5 Å². The van der Waals surface area contributed by atoms with Crippen LogP contribution in [-0.2, 0) is 4.74 Å². The lowest BCUT2D eigenvalue weighted by molar-refractivity contribution is 0.0398. The summed E-state index contributed by atoms with van der Waals surface area (Å²) in [5.74, 6) is 2.12. The van der Waals surface area contributed by atoms with Gasteiger partial charge in [0.2, 0.25) is 0 Å². The summed E-state index contributed by atoms with van der Waals surface area (Å²) in [7, 11) is 0. The van der Waals surface area contributed by atoms with Crippen molar-refractivity contribution in [3.8, 4) is 0 Å². The first-order chi connectivity index (χ1) is 10.9. The molecule has 0 saturated carbocycles. The molecule has 8 nitrogen and oxygen atoms in total. The molecule has 1 aliphatic heterocycles. The van der Waals surface area contributed by atoms with Gasteiger partial charge in [0.1, 0.15) is 23.8 Å².